The maximum atomic E-state index is 12.1. The minimum Gasteiger partial charge on any atom is -0.324 e. The van der Waals surface area contributed by atoms with E-state index in [4.69, 9.17) is 0 Å². The Kier molecular flexibility index (Phi) is 3.21. The van der Waals surface area contributed by atoms with Crippen LogP contribution in [0.2, 0.25) is 0 Å². The fraction of sp³-hybridized carbons (Fsp3) is 0.615. The maximum absolute atomic E-state index is 12.1. The van der Waals surface area contributed by atoms with Gasteiger partial charge in [0, 0.05) is 13.6 Å². The van der Waals surface area contributed by atoms with E-state index in [9.17, 15) is 9.59 Å². The van der Waals surface area contributed by atoms with Gasteiger partial charge in [0.05, 0.1) is 6.04 Å². The minimum absolute atomic E-state index is 0.164. The minimum atomic E-state index is -0.381. The molecule has 2 N–H and O–H groups in total. The summed E-state index contributed by atoms with van der Waals surface area (Å²) in [5.41, 5.74) is 0.221. The van der Waals surface area contributed by atoms with Crippen molar-refractivity contribution < 1.29 is 0 Å². The van der Waals surface area contributed by atoms with E-state index in [1.807, 2.05) is 18.5 Å². The van der Waals surface area contributed by atoms with Crippen LogP contribution in [0.4, 0.5) is 0 Å². The predicted molar refractivity (Wildman–Crippen MR) is 75.9 cm³/mol. The molecule has 0 bridgehead atoms. The van der Waals surface area contributed by atoms with Gasteiger partial charge in [0.15, 0.2) is 11.2 Å². The zero-order valence-electron chi connectivity index (χ0n) is 11.8. The second kappa shape index (κ2) is 4.90. The molecule has 0 spiro atoms. The van der Waals surface area contributed by atoms with Crippen LogP contribution in [0.3, 0.4) is 0 Å². The van der Waals surface area contributed by atoms with Gasteiger partial charge in [-0.2, -0.15) is 0 Å². The van der Waals surface area contributed by atoms with Crippen molar-refractivity contribution >= 4 is 11.2 Å². The first-order chi connectivity index (χ1) is 9.63. The molecule has 2 aromatic heterocycles. The Labute approximate surface area is 115 Å². The molecule has 1 aliphatic rings. The summed E-state index contributed by atoms with van der Waals surface area (Å²) in [6, 6.07) is 0.164. The average Bonchev–Trinajstić information content (AvgIpc) is 3.02. The Morgan fingerprint density at radius 3 is 2.85 bits per heavy atom. The molecule has 2 aromatic rings. The molecule has 3 rings (SSSR count). The van der Waals surface area contributed by atoms with Gasteiger partial charge in [-0.1, -0.05) is 6.92 Å². The van der Waals surface area contributed by atoms with E-state index >= 15 is 0 Å². The number of rotatable bonds is 3. The molecule has 0 saturated carbocycles. The molecule has 108 valence electrons. The third-order valence-electron chi connectivity index (χ3n) is 3.87. The molecule has 0 aromatic carbocycles. The molecular weight excluding hydrogens is 258 g/mol. The quantitative estimate of drug-likeness (QED) is 0.842. The van der Waals surface area contributed by atoms with Crippen LogP contribution in [0.5, 0.6) is 0 Å². The number of hydrogen-bond acceptors (Lipinski definition) is 4. The van der Waals surface area contributed by atoms with Crippen LogP contribution >= 0.6 is 0 Å². The summed E-state index contributed by atoms with van der Waals surface area (Å²) >= 11 is 0. The monoisotopic (exact) mass is 277 g/mol. The first kappa shape index (κ1) is 13.1. The van der Waals surface area contributed by atoms with Crippen LogP contribution in [-0.2, 0) is 13.6 Å². The third-order valence-corrected chi connectivity index (χ3v) is 3.87. The second-order valence-corrected chi connectivity index (χ2v) is 5.26. The number of nitrogens with one attached hydrogen (secondary N) is 2. The van der Waals surface area contributed by atoms with Gasteiger partial charge in [-0.15, -0.1) is 0 Å². The summed E-state index contributed by atoms with van der Waals surface area (Å²) in [5.74, 6) is 0.832. The lowest BCUT2D eigenvalue weighted by molar-refractivity contribution is 0.583. The number of aryl methyl sites for hydroxylation is 2. The predicted octanol–water partition coefficient (Wildman–Crippen LogP) is 0.258. The zero-order chi connectivity index (χ0) is 14.3. The molecule has 3 heterocycles. The number of nitrogens with zero attached hydrogens (tertiary/aromatic N) is 3. The van der Waals surface area contributed by atoms with E-state index in [0.29, 0.717) is 17.7 Å². The summed E-state index contributed by atoms with van der Waals surface area (Å²) in [6.45, 7) is 3.51. The number of imidazole rings is 1. The fourth-order valence-corrected chi connectivity index (χ4v) is 2.91. The maximum Gasteiger partial charge on any atom is 0.330 e. The largest absolute Gasteiger partial charge is 0.330 e. The molecule has 7 nitrogen and oxygen atoms in total. The van der Waals surface area contributed by atoms with Crippen molar-refractivity contribution in [3.8, 4) is 0 Å². The second-order valence-electron chi connectivity index (χ2n) is 5.26. The van der Waals surface area contributed by atoms with E-state index in [2.05, 4.69) is 15.3 Å². The lowest BCUT2D eigenvalue weighted by Gasteiger charge is -2.09. The molecule has 0 aliphatic carbocycles. The normalized spacial score (nSPS) is 19.0. The third kappa shape index (κ3) is 1.89. The lowest BCUT2D eigenvalue weighted by atomic mass is 10.2. The fourth-order valence-electron chi connectivity index (χ4n) is 2.91. The van der Waals surface area contributed by atoms with Crippen LogP contribution < -0.4 is 16.6 Å². The van der Waals surface area contributed by atoms with E-state index < -0.39 is 0 Å². The van der Waals surface area contributed by atoms with Crippen LogP contribution in [-0.4, -0.2) is 25.6 Å². The molecule has 1 atom stereocenters. The smallest absolute Gasteiger partial charge is 0.324 e. The van der Waals surface area contributed by atoms with Crippen molar-refractivity contribution in [2.24, 2.45) is 7.05 Å². The summed E-state index contributed by atoms with van der Waals surface area (Å²) in [7, 11) is 1.83. The van der Waals surface area contributed by atoms with Crippen LogP contribution in [0, 0.1) is 0 Å². The Bertz CT molecular complexity index is 748. The molecule has 1 fully saturated rings. The first-order valence-electron chi connectivity index (χ1n) is 7.06. The molecule has 1 unspecified atom stereocenters. The van der Waals surface area contributed by atoms with Crippen LogP contribution in [0.15, 0.2) is 9.59 Å². The molecule has 20 heavy (non-hydrogen) atoms. The first-order valence-corrected chi connectivity index (χ1v) is 7.06. The zero-order valence-corrected chi connectivity index (χ0v) is 11.8. The van der Waals surface area contributed by atoms with Gasteiger partial charge < -0.3 is 9.88 Å². The standard InChI is InChI=1S/C13H19N5O2/c1-3-7-18-11-9(12(19)16-13(18)20)17(2)10(15-11)8-5-4-6-14-8/h8,14H,3-7H2,1-2H3,(H,16,19,20). The Morgan fingerprint density at radius 1 is 1.40 bits per heavy atom. The van der Waals surface area contributed by atoms with Gasteiger partial charge in [-0.25, -0.2) is 9.78 Å². The highest BCUT2D eigenvalue weighted by Crippen LogP contribution is 2.23. The summed E-state index contributed by atoms with van der Waals surface area (Å²) in [6.07, 6.45) is 2.92. The average molecular weight is 277 g/mol. The molecular formula is C13H19N5O2. The van der Waals surface area contributed by atoms with Crippen molar-refractivity contribution in [2.75, 3.05) is 6.54 Å². The highest BCUT2D eigenvalue weighted by molar-refractivity contribution is 5.71. The van der Waals surface area contributed by atoms with Crippen molar-refractivity contribution in [1.29, 1.82) is 0 Å². The van der Waals surface area contributed by atoms with Crippen molar-refractivity contribution in [2.45, 2.75) is 38.8 Å². The van der Waals surface area contributed by atoms with Gasteiger partial charge in [-0.05, 0) is 25.8 Å². The number of fused-ring (bicyclic) bond motifs is 1. The van der Waals surface area contributed by atoms with Gasteiger partial charge in [0.2, 0.25) is 0 Å². The van der Waals surface area contributed by atoms with Gasteiger partial charge in [-0.3, -0.25) is 14.3 Å². The van der Waals surface area contributed by atoms with E-state index in [1.165, 1.54) is 0 Å². The summed E-state index contributed by atoms with van der Waals surface area (Å²) in [4.78, 5) is 30.9. The molecule has 0 radical (unpaired) electrons. The Hall–Kier alpha value is -1.89. The topological polar surface area (TPSA) is 84.7 Å². The number of H-pyrrole nitrogens is 1. The van der Waals surface area contributed by atoms with Crippen molar-refractivity contribution in [3.63, 3.8) is 0 Å². The highest BCUT2D eigenvalue weighted by atomic mass is 16.2. The van der Waals surface area contributed by atoms with E-state index in [-0.39, 0.29) is 17.3 Å². The lowest BCUT2D eigenvalue weighted by Crippen LogP contribution is -2.30. The SMILES string of the molecule is CCCn1c(=O)[nH]c(=O)c2c1nc(C1CCCN1)n2C. The van der Waals surface area contributed by atoms with E-state index in [1.54, 1.807) is 4.57 Å². The Balaban J connectivity index is 2.28. The van der Waals surface area contributed by atoms with Crippen LogP contribution in [0.25, 0.3) is 11.2 Å². The van der Waals surface area contributed by atoms with Gasteiger partial charge in [0.25, 0.3) is 5.56 Å². The molecule has 7 heteroatoms. The number of aromatic amines is 1. The molecule has 1 aliphatic heterocycles. The van der Waals surface area contributed by atoms with Gasteiger partial charge in [0.1, 0.15) is 5.82 Å². The van der Waals surface area contributed by atoms with Gasteiger partial charge >= 0.3 is 5.69 Å². The molecule has 1 saturated heterocycles. The Morgan fingerprint density at radius 2 is 2.20 bits per heavy atom. The highest BCUT2D eigenvalue weighted by Gasteiger charge is 2.24. The van der Waals surface area contributed by atoms with Crippen LogP contribution in [0.1, 0.15) is 38.1 Å². The molecule has 0 amide bonds. The number of hydrogen-bond donors (Lipinski definition) is 2. The summed E-state index contributed by atoms with van der Waals surface area (Å²) < 4.78 is 3.36. The summed E-state index contributed by atoms with van der Waals surface area (Å²) in [5, 5.41) is 3.38. The van der Waals surface area contributed by atoms with Crippen molar-refractivity contribution in [1.82, 2.24) is 24.4 Å². The van der Waals surface area contributed by atoms with Crippen molar-refractivity contribution in [3.05, 3.63) is 26.7 Å². The number of aromatic nitrogens is 4. The van der Waals surface area contributed by atoms with E-state index in [0.717, 1.165) is 31.6 Å².